The third-order valence-corrected chi connectivity index (χ3v) is 1.78. The molecule has 0 bridgehead atoms. The van der Waals surface area contributed by atoms with Crippen molar-refractivity contribution >= 4 is 5.69 Å². The van der Waals surface area contributed by atoms with Crippen LogP contribution in [0.25, 0.3) is 10.4 Å². The second kappa shape index (κ2) is 4.17. The Hall–Kier alpha value is -1.89. The quantitative estimate of drug-likeness (QED) is 0.303. The van der Waals surface area contributed by atoms with E-state index in [9.17, 15) is 26.3 Å². The van der Waals surface area contributed by atoms with E-state index in [-0.39, 0.29) is 18.2 Å². The Morgan fingerprint density at radius 3 is 2.00 bits per heavy atom. The summed E-state index contributed by atoms with van der Waals surface area (Å²) in [6.45, 7) is 0. The molecule has 0 aliphatic rings. The predicted octanol–water partition coefficient (Wildman–Crippen LogP) is 4.67. The summed E-state index contributed by atoms with van der Waals surface area (Å²) in [5, 5.41) is 2.61. The summed E-state index contributed by atoms with van der Waals surface area (Å²) in [5.74, 6) is 0. The van der Waals surface area contributed by atoms with Crippen molar-refractivity contribution in [2.75, 3.05) is 0 Å². The summed E-state index contributed by atoms with van der Waals surface area (Å²) < 4.78 is 73.7. The summed E-state index contributed by atoms with van der Waals surface area (Å²) in [6.07, 6.45) is -9.68. The minimum absolute atomic E-state index is 0.155. The monoisotopic (exact) mass is 255 g/mol. The van der Waals surface area contributed by atoms with Crippen LogP contribution in [-0.2, 0) is 12.4 Å². The molecule has 0 amide bonds. The highest BCUT2D eigenvalue weighted by molar-refractivity contribution is 5.50. The van der Waals surface area contributed by atoms with Crippen molar-refractivity contribution in [2.24, 2.45) is 5.11 Å². The van der Waals surface area contributed by atoms with Crippen molar-refractivity contribution in [1.29, 1.82) is 0 Å². The Morgan fingerprint density at radius 2 is 1.59 bits per heavy atom. The normalized spacial score (nSPS) is 12.1. The molecule has 0 heterocycles. The number of benzene rings is 1. The van der Waals surface area contributed by atoms with Crippen molar-refractivity contribution in [3.8, 4) is 0 Å². The number of azide groups is 1. The van der Waals surface area contributed by atoms with Gasteiger partial charge in [-0.05, 0) is 23.7 Å². The van der Waals surface area contributed by atoms with Gasteiger partial charge in [0.05, 0.1) is 16.8 Å². The Balaban J connectivity index is 3.43. The van der Waals surface area contributed by atoms with Gasteiger partial charge >= 0.3 is 12.4 Å². The molecule has 0 saturated carbocycles. The van der Waals surface area contributed by atoms with E-state index < -0.39 is 29.2 Å². The Bertz CT molecular complexity index is 469. The molecule has 3 nitrogen and oxygen atoms in total. The van der Waals surface area contributed by atoms with Crippen LogP contribution < -0.4 is 0 Å². The Kier molecular flexibility index (Phi) is 3.23. The number of nitrogens with zero attached hydrogens (tertiary/aromatic N) is 3. The average Bonchev–Trinajstić information content (AvgIpc) is 2.15. The van der Waals surface area contributed by atoms with Gasteiger partial charge in [0.15, 0.2) is 0 Å². The maximum Gasteiger partial charge on any atom is 0.416 e. The van der Waals surface area contributed by atoms with E-state index in [1.54, 1.807) is 0 Å². The molecule has 1 aromatic rings. The molecular formula is C8H3F6N3. The molecule has 0 aliphatic carbocycles. The lowest BCUT2D eigenvalue weighted by molar-refractivity contribution is -0.140. The summed E-state index contributed by atoms with van der Waals surface area (Å²) in [7, 11) is 0. The lowest BCUT2D eigenvalue weighted by atomic mass is 10.1. The standard InChI is InChI=1S/C8H3F6N3/c9-7(10,11)4-1-2-5(8(12,13)14)6(3-4)16-17-15/h1-3H. The topological polar surface area (TPSA) is 48.8 Å². The van der Waals surface area contributed by atoms with Crippen LogP contribution in [0.3, 0.4) is 0 Å². The number of rotatable bonds is 1. The lowest BCUT2D eigenvalue weighted by Gasteiger charge is -2.12. The van der Waals surface area contributed by atoms with Crippen LogP contribution in [0.1, 0.15) is 11.1 Å². The summed E-state index contributed by atoms with van der Waals surface area (Å²) in [5.41, 5.74) is 4.19. The van der Waals surface area contributed by atoms with Gasteiger partial charge in [0.25, 0.3) is 0 Å². The van der Waals surface area contributed by atoms with Crippen LogP contribution in [0.4, 0.5) is 32.0 Å². The van der Waals surface area contributed by atoms with Crippen molar-refractivity contribution in [1.82, 2.24) is 0 Å². The van der Waals surface area contributed by atoms with Crippen molar-refractivity contribution in [3.63, 3.8) is 0 Å². The number of hydrogen-bond acceptors (Lipinski definition) is 1. The van der Waals surface area contributed by atoms with E-state index in [4.69, 9.17) is 5.53 Å². The zero-order chi connectivity index (χ0) is 13.3. The third-order valence-electron chi connectivity index (χ3n) is 1.78. The van der Waals surface area contributed by atoms with Crippen LogP contribution in [0, 0.1) is 0 Å². The first-order valence-electron chi connectivity index (χ1n) is 4.00. The fraction of sp³-hybridized carbons (Fsp3) is 0.250. The molecule has 0 spiro atoms. The first-order valence-corrected chi connectivity index (χ1v) is 4.00. The highest BCUT2D eigenvalue weighted by Crippen LogP contribution is 2.40. The molecule has 0 N–H and O–H groups in total. The minimum Gasteiger partial charge on any atom is -0.166 e. The molecule has 0 aliphatic heterocycles. The molecule has 0 unspecified atom stereocenters. The molecule has 0 aromatic heterocycles. The maximum absolute atomic E-state index is 12.3. The Labute approximate surface area is 90.3 Å². The second-order valence-corrected chi connectivity index (χ2v) is 2.92. The SMILES string of the molecule is [N-]=[N+]=Nc1cc(C(F)(F)F)ccc1C(F)(F)F. The fourth-order valence-electron chi connectivity index (χ4n) is 1.08. The van der Waals surface area contributed by atoms with Gasteiger partial charge in [-0.2, -0.15) is 26.3 Å². The van der Waals surface area contributed by atoms with E-state index in [2.05, 4.69) is 10.0 Å². The van der Waals surface area contributed by atoms with E-state index in [1.807, 2.05) is 0 Å². The molecule has 0 radical (unpaired) electrons. The molecule has 17 heavy (non-hydrogen) atoms. The highest BCUT2D eigenvalue weighted by atomic mass is 19.4. The van der Waals surface area contributed by atoms with Crippen LogP contribution in [0.15, 0.2) is 23.3 Å². The van der Waals surface area contributed by atoms with E-state index in [1.165, 1.54) is 0 Å². The second-order valence-electron chi connectivity index (χ2n) is 2.92. The van der Waals surface area contributed by atoms with Gasteiger partial charge in [-0.25, -0.2) is 0 Å². The van der Waals surface area contributed by atoms with Gasteiger partial charge in [-0.15, -0.1) is 0 Å². The van der Waals surface area contributed by atoms with Crippen molar-refractivity contribution in [3.05, 3.63) is 39.8 Å². The molecule has 0 saturated heterocycles. The Morgan fingerprint density at radius 1 is 1.00 bits per heavy atom. The zero-order valence-corrected chi connectivity index (χ0v) is 7.84. The zero-order valence-electron chi connectivity index (χ0n) is 7.84. The van der Waals surface area contributed by atoms with Crippen LogP contribution in [-0.4, -0.2) is 0 Å². The van der Waals surface area contributed by atoms with Crippen molar-refractivity contribution in [2.45, 2.75) is 12.4 Å². The molecule has 0 fully saturated rings. The summed E-state index contributed by atoms with van der Waals surface area (Å²) >= 11 is 0. The highest BCUT2D eigenvalue weighted by Gasteiger charge is 2.36. The van der Waals surface area contributed by atoms with Crippen LogP contribution in [0.2, 0.25) is 0 Å². The fourth-order valence-corrected chi connectivity index (χ4v) is 1.08. The summed E-state index contributed by atoms with van der Waals surface area (Å²) in [6, 6.07) is 0.661. The van der Waals surface area contributed by atoms with Gasteiger partial charge in [0.1, 0.15) is 0 Å². The number of hydrogen-bond donors (Lipinski definition) is 0. The molecule has 0 atom stereocenters. The van der Waals surface area contributed by atoms with Crippen molar-refractivity contribution < 1.29 is 26.3 Å². The lowest BCUT2D eigenvalue weighted by Crippen LogP contribution is -2.09. The smallest absolute Gasteiger partial charge is 0.166 e. The largest absolute Gasteiger partial charge is 0.416 e. The molecule has 1 rings (SSSR count). The molecule has 1 aromatic carbocycles. The number of alkyl halides is 6. The minimum atomic E-state index is -4.88. The molecular weight excluding hydrogens is 252 g/mol. The van der Waals surface area contributed by atoms with Crippen LogP contribution >= 0.6 is 0 Å². The van der Waals surface area contributed by atoms with Gasteiger partial charge in [0.2, 0.25) is 0 Å². The van der Waals surface area contributed by atoms with Crippen LogP contribution in [0.5, 0.6) is 0 Å². The van der Waals surface area contributed by atoms with Gasteiger partial charge in [-0.1, -0.05) is 5.11 Å². The first kappa shape index (κ1) is 13.2. The van der Waals surface area contributed by atoms with Gasteiger partial charge in [-0.3, -0.25) is 0 Å². The number of halogens is 6. The molecule has 92 valence electrons. The van der Waals surface area contributed by atoms with E-state index in [0.717, 1.165) is 0 Å². The first-order chi connectivity index (χ1) is 7.66. The maximum atomic E-state index is 12.3. The predicted molar refractivity (Wildman–Crippen MR) is 45.3 cm³/mol. The summed E-state index contributed by atoms with van der Waals surface area (Å²) in [4.78, 5) is 2.06. The average molecular weight is 255 g/mol. The third kappa shape index (κ3) is 3.04. The van der Waals surface area contributed by atoms with E-state index >= 15 is 0 Å². The van der Waals surface area contributed by atoms with Gasteiger partial charge in [0, 0.05) is 4.91 Å². The molecule has 9 heteroatoms. The van der Waals surface area contributed by atoms with E-state index in [0.29, 0.717) is 0 Å². The van der Waals surface area contributed by atoms with Gasteiger partial charge < -0.3 is 0 Å².